The summed E-state index contributed by atoms with van der Waals surface area (Å²) < 4.78 is 5.35. The van der Waals surface area contributed by atoms with E-state index >= 15 is 0 Å². The molecule has 100 valence electrons. The fourth-order valence-electron chi connectivity index (χ4n) is 1.73. The molecule has 18 heavy (non-hydrogen) atoms. The summed E-state index contributed by atoms with van der Waals surface area (Å²) in [5.74, 6) is 0.192. The molecule has 0 aliphatic carbocycles. The van der Waals surface area contributed by atoms with Crippen LogP contribution in [0.1, 0.15) is 30.5 Å². The highest BCUT2D eigenvalue weighted by Gasteiger charge is 2.25. The van der Waals surface area contributed by atoms with Crippen molar-refractivity contribution in [2.45, 2.75) is 40.2 Å². The van der Waals surface area contributed by atoms with Crippen molar-refractivity contribution in [1.82, 2.24) is 0 Å². The SMILES string of the molecule is COc1c(C)c(C)cc(C)c1NC(=O)C(C)(C)O. The van der Waals surface area contributed by atoms with E-state index in [1.54, 1.807) is 7.11 Å². The van der Waals surface area contributed by atoms with Gasteiger partial charge in [0.2, 0.25) is 0 Å². The van der Waals surface area contributed by atoms with Crippen molar-refractivity contribution >= 4 is 11.6 Å². The quantitative estimate of drug-likeness (QED) is 0.866. The minimum Gasteiger partial charge on any atom is -0.494 e. The van der Waals surface area contributed by atoms with Gasteiger partial charge in [0.15, 0.2) is 0 Å². The van der Waals surface area contributed by atoms with Gasteiger partial charge in [0, 0.05) is 0 Å². The summed E-state index contributed by atoms with van der Waals surface area (Å²) in [6.45, 7) is 8.73. The lowest BCUT2D eigenvalue weighted by Crippen LogP contribution is -2.37. The number of hydrogen-bond donors (Lipinski definition) is 2. The van der Waals surface area contributed by atoms with Gasteiger partial charge >= 0.3 is 0 Å². The molecule has 2 N–H and O–H groups in total. The fourth-order valence-corrected chi connectivity index (χ4v) is 1.73. The predicted octanol–water partition coefficient (Wildman–Crippen LogP) is 2.33. The van der Waals surface area contributed by atoms with Gasteiger partial charge in [-0.05, 0) is 51.3 Å². The third kappa shape index (κ3) is 2.82. The summed E-state index contributed by atoms with van der Waals surface area (Å²) in [6, 6.07) is 1.98. The topological polar surface area (TPSA) is 58.6 Å². The normalized spacial score (nSPS) is 11.3. The second kappa shape index (κ2) is 4.98. The maximum atomic E-state index is 11.8. The lowest BCUT2D eigenvalue weighted by molar-refractivity contribution is -0.130. The van der Waals surface area contributed by atoms with Gasteiger partial charge in [-0.1, -0.05) is 6.07 Å². The first-order valence-corrected chi connectivity index (χ1v) is 5.87. The Morgan fingerprint density at radius 3 is 2.28 bits per heavy atom. The second-order valence-corrected chi connectivity index (χ2v) is 5.06. The molecular weight excluding hydrogens is 230 g/mol. The molecule has 0 saturated carbocycles. The number of aliphatic hydroxyl groups is 1. The molecule has 1 aromatic rings. The van der Waals surface area contributed by atoms with E-state index in [0.29, 0.717) is 11.4 Å². The maximum Gasteiger partial charge on any atom is 0.255 e. The smallest absolute Gasteiger partial charge is 0.255 e. The van der Waals surface area contributed by atoms with Crippen molar-refractivity contribution in [1.29, 1.82) is 0 Å². The Bertz CT molecular complexity index is 473. The number of ether oxygens (including phenoxy) is 1. The highest BCUT2D eigenvalue weighted by atomic mass is 16.5. The highest BCUT2D eigenvalue weighted by Crippen LogP contribution is 2.34. The zero-order valence-corrected chi connectivity index (χ0v) is 11.8. The molecule has 1 aromatic carbocycles. The first-order valence-electron chi connectivity index (χ1n) is 5.87. The number of aryl methyl sites for hydroxylation is 2. The van der Waals surface area contributed by atoms with Crippen LogP contribution in [0.5, 0.6) is 5.75 Å². The van der Waals surface area contributed by atoms with Crippen LogP contribution >= 0.6 is 0 Å². The molecule has 4 heteroatoms. The Morgan fingerprint density at radius 2 is 1.83 bits per heavy atom. The van der Waals surface area contributed by atoms with Crippen molar-refractivity contribution in [2.24, 2.45) is 0 Å². The molecule has 4 nitrogen and oxygen atoms in total. The Hall–Kier alpha value is -1.55. The third-order valence-corrected chi connectivity index (χ3v) is 2.98. The Labute approximate surface area is 108 Å². The summed E-state index contributed by atoms with van der Waals surface area (Å²) in [5.41, 5.74) is 2.19. The van der Waals surface area contributed by atoms with Gasteiger partial charge in [-0.2, -0.15) is 0 Å². The number of carbonyl (C=O) groups is 1. The van der Waals surface area contributed by atoms with Crippen LogP contribution in [0.3, 0.4) is 0 Å². The van der Waals surface area contributed by atoms with E-state index in [1.165, 1.54) is 13.8 Å². The fraction of sp³-hybridized carbons (Fsp3) is 0.500. The van der Waals surface area contributed by atoms with Gasteiger partial charge in [-0.3, -0.25) is 4.79 Å². The lowest BCUT2D eigenvalue weighted by atomic mass is 10.0. The number of methoxy groups -OCH3 is 1. The van der Waals surface area contributed by atoms with Gasteiger partial charge in [0.1, 0.15) is 11.4 Å². The van der Waals surface area contributed by atoms with Crippen molar-refractivity contribution in [3.05, 3.63) is 22.8 Å². The molecule has 0 saturated heterocycles. The van der Waals surface area contributed by atoms with Crippen LogP contribution in [0.25, 0.3) is 0 Å². The first-order chi connectivity index (χ1) is 8.18. The van der Waals surface area contributed by atoms with Gasteiger partial charge in [0.05, 0.1) is 12.8 Å². The standard InChI is InChI=1S/C14H21NO3/c1-8-7-9(2)11(12(18-6)10(8)3)15-13(16)14(4,5)17/h7,17H,1-6H3,(H,15,16). The Kier molecular flexibility index (Phi) is 4.02. The van der Waals surface area contributed by atoms with Gasteiger partial charge < -0.3 is 15.2 Å². The van der Waals surface area contributed by atoms with E-state index in [1.807, 2.05) is 26.8 Å². The number of carbonyl (C=O) groups excluding carboxylic acids is 1. The number of benzene rings is 1. The van der Waals surface area contributed by atoms with Crippen LogP contribution in [0.4, 0.5) is 5.69 Å². The molecule has 0 aromatic heterocycles. The van der Waals surface area contributed by atoms with Crippen LogP contribution in [-0.4, -0.2) is 23.7 Å². The van der Waals surface area contributed by atoms with E-state index < -0.39 is 11.5 Å². The van der Waals surface area contributed by atoms with Crippen molar-refractivity contribution in [2.75, 3.05) is 12.4 Å². The van der Waals surface area contributed by atoms with Gasteiger partial charge in [-0.25, -0.2) is 0 Å². The first kappa shape index (κ1) is 14.5. The molecule has 0 heterocycles. The van der Waals surface area contributed by atoms with E-state index in [0.717, 1.165) is 16.7 Å². The van der Waals surface area contributed by atoms with Crippen LogP contribution in [-0.2, 0) is 4.79 Å². The van der Waals surface area contributed by atoms with Crippen molar-refractivity contribution < 1.29 is 14.6 Å². The molecule has 0 radical (unpaired) electrons. The number of amides is 1. The van der Waals surface area contributed by atoms with Crippen molar-refractivity contribution in [3.8, 4) is 5.75 Å². The minimum atomic E-state index is -1.42. The van der Waals surface area contributed by atoms with E-state index in [9.17, 15) is 9.90 Å². The van der Waals surface area contributed by atoms with Crippen LogP contribution < -0.4 is 10.1 Å². The van der Waals surface area contributed by atoms with Crippen LogP contribution in [0.2, 0.25) is 0 Å². The summed E-state index contributed by atoms with van der Waals surface area (Å²) in [6.07, 6.45) is 0. The number of hydrogen-bond acceptors (Lipinski definition) is 3. The Morgan fingerprint density at radius 1 is 1.28 bits per heavy atom. The van der Waals surface area contributed by atoms with Gasteiger partial charge in [-0.15, -0.1) is 0 Å². The molecule has 1 rings (SSSR count). The third-order valence-electron chi connectivity index (χ3n) is 2.98. The molecule has 0 unspecified atom stereocenters. The molecule has 0 atom stereocenters. The minimum absolute atomic E-state index is 0.452. The summed E-state index contributed by atoms with van der Waals surface area (Å²) in [7, 11) is 1.57. The largest absolute Gasteiger partial charge is 0.494 e. The van der Waals surface area contributed by atoms with Crippen LogP contribution in [0.15, 0.2) is 6.07 Å². The lowest BCUT2D eigenvalue weighted by Gasteiger charge is -2.21. The summed E-state index contributed by atoms with van der Waals surface area (Å²) in [5, 5.41) is 12.4. The molecule has 0 aliphatic heterocycles. The molecule has 0 bridgehead atoms. The van der Waals surface area contributed by atoms with Gasteiger partial charge in [0.25, 0.3) is 5.91 Å². The number of nitrogens with one attached hydrogen (secondary N) is 1. The monoisotopic (exact) mass is 251 g/mol. The van der Waals surface area contributed by atoms with E-state index in [4.69, 9.17) is 4.74 Å². The van der Waals surface area contributed by atoms with E-state index in [2.05, 4.69) is 5.32 Å². The van der Waals surface area contributed by atoms with Crippen molar-refractivity contribution in [3.63, 3.8) is 0 Å². The van der Waals surface area contributed by atoms with Crippen LogP contribution in [0, 0.1) is 20.8 Å². The average molecular weight is 251 g/mol. The average Bonchev–Trinajstić information content (AvgIpc) is 2.24. The molecule has 0 aliphatic rings. The summed E-state index contributed by atoms with van der Waals surface area (Å²) in [4.78, 5) is 11.8. The Balaban J connectivity index is 3.25. The summed E-state index contributed by atoms with van der Waals surface area (Å²) >= 11 is 0. The molecule has 1 amide bonds. The zero-order valence-electron chi connectivity index (χ0n) is 11.8. The van der Waals surface area contributed by atoms with E-state index in [-0.39, 0.29) is 0 Å². The number of rotatable bonds is 3. The molecular formula is C14H21NO3. The highest BCUT2D eigenvalue weighted by molar-refractivity contribution is 5.98. The molecule has 0 fully saturated rings. The maximum absolute atomic E-state index is 11.8. The molecule has 0 spiro atoms. The zero-order chi connectivity index (χ0) is 14.1. The second-order valence-electron chi connectivity index (χ2n) is 5.06. The predicted molar refractivity (Wildman–Crippen MR) is 72.1 cm³/mol. The number of anilines is 1.